The van der Waals surface area contributed by atoms with E-state index >= 15 is 0 Å². The number of hydrogen-bond acceptors (Lipinski definition) is 4. The Labute approximate surface area is 173 Å². The van der Waals surface area contributed by atoms with E-state index in [4.69, 9.17) is 5.14 Å². The lowest BCUT2D eigenvalue weighted by atomic mass is 10.2. The van der Waals surface area contributed by atoms with Gasteiger partial charge in [-0.25, -0.2) is 18.5 Å². The summed E-state index contributed by atoms with van der Waals surface area (Å²) in [5, 5.41) is 11.8. The molecule has 148 valence electrons. The molecule has 1 unspecified atom stereocenters. The molecule has 0 amide bonds. The maximum Gasteiger partial charge on any atom is 0.238 e. The van der Waals surface area contributed by atoms with Gasteiger partial charge in [-0.2, -0.15) is 0 Å². The van der Waals surface area contributed by atoms with Gasteiger partial charge in [-0.1, -0.05) is 19.1 Å². The first-order valence-electron chi connectivity index (χ1n) is 8.82. The minimum atomic E-state index is -3.69. The van der Waals surface area contributed by atoms with Crippen molar-refractivity contribution in [3.63, 3.8) is 0 Å². The van der Waals surface area contributed by atoms with Crippen molar-refractivity contribution in [2.45, 2.75) is 44.2 Å². The third-order valence-electron chi connectivity index (χ3n) is 4.40. The van der Waals surface area contributed by atoms with Crippen molar-refractivity contribution in [2.75, 3.05) is 26.2 Å². The number of nitrogens with zero attached hydrogens (tertiary/aromatic N) is 2. The van der Waals surface area contributed by atoms with Crippen LogP contribution in [0.2, 0.25) is 0 Å². The molecule has 1 aromatic carbocycles. The van der Waals surface area contributed by atoms with Crippen LogP contribution in [0.1, 0.15) is 32.3 Å². The van der Waals surface area contributed by atoms with Gasteiger partial charge in [0.25, 0.3) is 0 Å². The summed E-state index contributed by atoms with van der Waals surface area (Å²) in [5.74, 6) is 0.742. The summed E-state index contributed by atoms with van der Waals surface area (Å²) in [6.07, 6.45) is 2.45. The molecule has 4 N–H and O–H groups in total. The van der Waals surface area contributed by atoms with E-state index in [9.17, 15) is 8.42 Å². The van der Waals surface area contributed by atoms with Crippen LogP contribution >= 0.6 is 24.0 Å². The average molecular weight is 495 g/mol. The van der Waals surface area contributed by atoms with Crippen LogP contribution in [0.25, 0.3) is 0 Å². The highest BCUT2D eigenvalue weighted by atomic mass is 127. The van der Waals surface area contributed by atoms with Crippen LogP contribution < -0.4 is 15.8 Å². The van der Waals surface area contributed by atoms with E-state index < -0.39 is 10.0 Å². The predicted octanol–water partition coefficient (Wildman–Crippen LogP) is 1.49. The molecule has 1 heterocycles. The monoisotopic (exact) mass is 495 g/mol. The third kappa shape index (κ3) is 7.01. The lowest BCUT2D eigenvalue weighted by Gasteiger charge is -2.24. The quantitative estimate of drug-likeness (QED) is 0.303. The van der Waals surface area contributed by atoms with Gasteiger partial charge in [-0.05, 0) is 50.6 Å². The van der Waals surface area contributed by atoms with Gasteiger partial charge in [0.05, 0.1) is 11.4 Å². The van der Waals surface area contributed by atoms with Crippen molar-refractivity contribution in [3.05, 3.63) is 29.8 Å². The minimum absolute atomic E-state index is 0. The first kappa shape index (κ1) is 23.1. The molecule has 1 aliphatic heterocycles. The van der Waals surface area contributed by atoms with Crippen LogP contribution in [-0.4, -0.2) is 51.5 Å². The van der Waals surface area contributed by atoms with Crippen molar-refractivity contribution in [1.82, 2.24) is 15.5 Å². The molecular formula is C17H30IN5O2S. The number of primary sulfonamides is 1. The van der Waals surface area contributed by atoms with Crippen molar-refractivity contribution in [2.24, 2.45) is 10.1 Å². The van der Waals surface area contributed by atoms with Crippen LogP contribution in [-0.2, 0) is 16.6 Å². The number of hydrogen-bond donors (Lipinski definition) is 3. The fourth-order valence-corrected chi connectivity index (χ4v) is 3.67. The Hall–Kier alpha value is -0.910. The predicted molar refractivity (Wildman–Crippen MR) is 116 cm³/mol. The second-order valence-electron chi connectivity index (χ2n) is 6.19. The molecule has 1 aromatic rings. The van der Waals surface area contributed by atoms with Gasteiger partial charge in [-0.15, -0.1) is 24.0 Å². The molecule has 1 aliphatic rings. The molecule has 26 heavy (non-hydrogen) atoms. The van der Waals surface area contributed by atoms with Crippen molar-refractivity contribution >= 4 is 40.0 Å². The second kappa shape index (κ2) is 11.1. The molecule has 0 saturated carbocycles. The number of likely N-dealkylation sites (tertiary alicyclic amines) is 1. The van der Waals surface area contributed by atoms with Crippen LogP contribution in [0, 0.1) is 0 Å². The van der Waals surface area contributed by atoms with Crippen LogP contribution in [0.5, 0.6) is 0 Å². The summed E-state index contributed by atoms with van der Waals surface area (Å²) >= 11 is 0. The zero-order valence-electron chi connectivity index (χ0n) is 15.4. The molecule has 9 heteroatoms. The number of nitrogens with one attached hydrogen (secondary N) is 2. The zero-order chi connectivity index (χ0) is 18.3. The van der Waals surface area contributed by atoms with Crippen LogP contribution in [0.3, 0.4) is 0 Å². The maximum absolute atomic E-state index is 11.4. The average Bonchev–Trinajstić information content (AvgIpc) is 3.04. The van der Waals surface area contributed by atoms with Gasteiger partial charge < -0.3 is 10.6 Å². The maximum atomic E-state index is 11.4. The van der Waals surface area contributed by atoms with E-state index in [1.165, 1.54) is 18.9 Å². The molecule has 1 atom stereocenters. The van der Waals surface area contributed by atoms with E-state index in [0.29, 0.717) is 12.6 Å². The number of nitrogens with two attached hydrogens (primary N) is 1. The Morgan fingerprint density at radius 2 is 2.12 bits per heavy atom. The minimum Gasteiger partial charge on any atom is -0.357 e. The molecule has 1 saturated heterocycles. The van der Waals surface area contributed by atoms with E-state index in [2.05, 4.69) is 27.4 Å². The normalized spacial score (nSPS) is 18.4. The van der Waals surface area contributed by atoms with Gasteiger partial charge >= 0.3 is 0 Å². The molecule has 0 spiro atoms. The number of sulfonamides is 1. The number of benzene rings is 1. The van der Waals surface area contributed by atoms with Gasteiger partial charge in [0, 0.05) is 19.1 Å². The van der Waals surface area contributed by atoms with E-state index in [-0.39, 0.29) is 28.9 Å². The number of guanidine groups is 1. The van der Waals surface area contributed by atoms with Gasteiger partial charge in [-0.3, -0.25) is 4.90 Å². The third-order valence-corrected chi connectivity index (χ3v) is 5.31. The van der Waals surface area contributed by atoms with E-state index in [0.717, 1.165) is 37.7 Å². The molecule has 0 aromatic heterocycles. The highest BCUT2D eigenvalue weighted by molar-refractivity contribution is 14.0. The topological polar surface area (TPSA) is 99.8 Å². The fourth-order valence-electron chi connectivity index (χ4n) is 3.09. The van der Waals surface area contributed by atoms with Crippen LogP contribution in [0.15, 0.2) is 34.2 Å². The Morgan fingerprint density at radius 3 is 2.77 bits per heavy atom. The molecular weight excluding hydrogens is 465 g/mol. The Kier molecular flexibility index (Phi) is 9.83. The molecule has 2 rings (SSSR count). The van der Waals surface area contributed by atoms with Gasteiger partial charge in [0.1, 0.15) is 0 Å². The molecule has 1 fully saturated rings. The first-order valence-corrected chi connectivity index (χ1v) is 10.4. The summed E-state index contributed by atoms with van der Waals surface area (Å²) in [6, 6.07) is 7.13. The number of aliphatic imine (C=N–C) groups is 1. The van der Waals surface area contributed by atoms with Crippen molar-refractivity contribution in [1.29, 1.82) is 0 Å². The largest absolute Gasteiger partial charge is 0.357 e. The SMILES string of the molecule is CCNC(=NCc1cccc(S(N)(=O)=O)c1)NCC1CCCN1CC.I. The summed E-state index contributed by atoms with van der Waals surface area (Å²) in [4.78, 5) is 7.15. The Morgan fingerprint density at radius 1 is 1.35 bits per heavy atom. The summed E-state index contributed by atoms with van der Waals surface area (Å²) in [6.45, 7) is 8.46. The molecule has 0 radical (unpaired) electrons. The van der Waals surface area contributed by atoms with Crippen LogP contribution in [0.4, 0.5) is 0 Å². The van der Waals surface area contributed by atoms with Gasteiger partial charge in [0.2, 0.25) is 10.0 Å². The summed E-state index contributed by atoms with van der Waals surface area (Å²) in [7, 11) is -3.69. The van der Waals surface area contributed by atoms with Gasteiger partial charge in [0.15, 0.2) is 5.96 Å². The number of likely N-dealkylation sites (N-methyl/N-ethyl adjacent to an activating group) is 1. The van der Waals surface area contributed by atoms with E-state index in [1.54, 1.807) is 12.1 Å². The van der Waals surface area contributed by atoms with E-state index in [1.807, 2.05) is 13.0 Å². The summed E-state index contributed by atoms with van der Waals surface area (Å²) < 4.78 is 22.9. The standard InChI is InChI=1S/C17H29N5O2S.HI/c1-3-19-17(21-13-15-8-6-10-22(15)4-2)20-12-14-7-5-9-16(11-14)25(18,23)24;/h5,7,9,11,15H,3-4,6,8,10,12-13H2,1-2H3,(H2,18,23,24)(H2,19,20,21);1H. The lowest BCUT2D eigenvalue weighted by molar-refractivity contribution is 0.267. The summed E-state index contributed by atoms with van der Waals surface area (Å²) in [5.41, 5.74) is 0.805. The highest BCUT2D eigenvalue weighted by Gasteiger charge is 2.22. The molecule has 0 aliphatic carbocycles. The fraction of sp³-hybridized carbons (Fsp3) is 0.588. The number of halogens is 1. The Bertz CT molecular complexity index is 696. The number of rotatable bonds is 7. The van der Waals surface area contributed by atoms with Crippen molar-refractivity contribution in [3.8, 4) is 0 Å². The molecule has 7 nitrogen and oxygen atoms in total. The second-order valence-corrected chi connectivity index (χ2v) is 7.75. The lowest BCUT2D eigenvalue weighted by Crippen LogP contribution is -2.44. The Balaban J connectivity index is 0.00000338. The zero-order valence-corrected chi connectivity index (χ0v) is 18.6. The highest BCUT2D eigenvalue weighted by Crippen LogP contribution is 2.15. The molecule has 0 bridgehead atoms. The van der Waals surface area contributed by atoms with Crippen molar-refractivity contribution < 1.29 is 8.42 Å². The smallest absolute Gasteiger partial charge is 0.238 e. The first-order chi connectivity index (χ1) is 11.9.